The van der Waals surface area contributed by atoms with Gasteiger partial charge in [-0.25, -0.2) is 13.1 Å². The Morgan fingerprint density at radius 3 is 2.22 bits per heavy atom. The quantitative estimate of drug-likeness (QED) is 0.857. The highest BCUT2D eigenvalue weighted by molar-refractivity contribution is 7.89. The Hall–Kier alpha value is -0.910. The fourth-order valence-electron chi connectivity index (χ4n) is 1.93. The third kappa shape index (κ3) is 3.10. The minimum absolute atomic E-state index is 0.00792. The summed E-state index contributed by atoms with van der Waals surface area (Å²) in [5, 5.41) is 9.38. The van der Waals surface area contributed by atoms with Crippen molar-refractivity contribution in [3.05, 3.63) is 29.8 Å². The lowest BCUT2D eigenvalue weighted by molar-refractivity contribution is 0.199. The van der Waals surface area contributed by atoms with Crippen molar-refractivity contribution >= 4 is 10.0 Å². The van der Waals surface area contributed by atoms with E-state index >= 15 is 0 Å². The Labute approximate surface area is 108 Å². The standard InChI is InChI=1S/C13H19NO3S/c1-9(11-3-4-11)14-18(16,17)13-7-5-12(6-8-13)10(2)15/h5-11,14-15H,3-4H2,1-2H3. The van der Waals surface area contributed by atoms with Gasteiger partial charge in [-0.05, 0) is 50.3 Å². The van der Waals surface area contributed by atoms with E-state index in [1.807, 2.05) is 6.92 Å². The number of aliphatic hydroxyl groups excluding tert-OH is 1. The van der Waals surface area contributed by atoms with Crippen molar-refractivity contribution in [1.82, 2.24) is 4.72 Å². The molecule has 0 heterocycles. The maximum atomic E-state index is 12.1. The molecule has 0 aliphatic heterocycles. The summed E-state index contributed by atoms with van der Waals surface area (Å²) in [4.78, 5) is 0.249. The van der Waals surface area contributed by atoms with Gasteiger partial charge in [-0.15, -0.1) is 0 Å². The number of aliphatic hydroxyl groups is 1. The number of nitrogens with one attached hydrogen (secondary N) is 1. The fourth-order valence-corrected chi connectivity index (χ4v) is 3.24. The number of hydrogen-bond acceptors (Lipinski definition) is 3. The Bertz CT molecular complexity index is 504. The van der Waals surface area contributed by atoms with Crippen molar-refractivity contribution in [2.45, 2.75) is 43.7 Å². The summed E-state index contributed by atoms with van der Waals surface area (Å²) in [6, 6.07) is 6.34. The van der Waals surface area contributed by atoms with Gasteiger partial charge in [-0.3, -0.25) is 0 Å². The summed E-state index contributed by atoms with van der Waals surface area (Å²) < 4.78 is 26.9. The first-order chi connectivity index (χ1) is 8.40. The van der Waals surface area contributed by atoms with E-state index < -0.39 is 16.1 Å². The van der Waals surface area contributed by atoms with Gasteiger partial charge in [0.15, 0.2) is 0 Å². The van der Waals surface area contributed by atoms with Gasteiger partial charge in [0.05, 0.1) is 11.0 Å². The van der Waals surface area contributed by atoms with Crippen LogP contribution in [0, 0.1) is 5.92 Å². The molecule has 1 aliphatic rings. The first kappa shape index (κ1) is 13.5. The zero-order chi connectivity index (χ0) is 13.3. The lowest BCUT2D eigenvalue weighted by Gasteiger charge is -2.13. The fraction of sp³-hybridized carbons (Fsp3) is 0.538. The molecule has 1 aromatic carbocycles. The monoisotopic (exact) mass is 269 g/mol. The van der Waals surface area contributed by atoms with Gasteiger partial charge in [0, 0.05) is 6.04 Å². The Morgan fingerprint density at radius 1 is 1.22 bits per heavy atom. The average Bonchev–Trinajstić information content (AvgIpc) is 3.12. The van der Waals surface area contributed by atoms with Crippen LogP contribution in [0.4, 0.5) is 0 Å². The van der Waals surface area contributed by atoms with E-state index in [2.05, 4.69) is 4.72 Å². The molecular formula is C13H19NO3S. The van der Waals surface area contributed by atoms with E-state index in [1.165, 1.54) is 12.1 Å². The lowest BCUT2D eigenvalue weighted by Crippen LogP contribution is -2.34. The zero-order valence-corrected chi connectivity index (χ0v) is 11.4. The SMILES string of the molecule is CC(O)c1ccc(S(=O)(=O)NC(C)C2CC2)cc1. The highest BCUT2D eigenvalue weighted by atomic mass is 32.2. The molecule has 18 heavy (non-hydrogen) atoms. The number of hydrogen-bond donors (Lipinski definition) is 2. The summed E-state index contributed by atoms with van der Waals surface area (Å²) in [6.45, 7) is 3.55. The molecule has 2 atom stereocenters. The van der Waals surface area contributed by atoms with Crippen LogP contribution in [0.1, 0.15) is 38.4 Å². The van der Waals surface area contributed by atoms with Crippen molar-refractivity contribution < 1.29 is 13.5 Å². The third-order valence-corrected chi connectivity index (χ3v) is 4.92. The van der Waals surface area contributed by atoms with Crippen LogP contribution in [0.25, 0.3) is 0 Å². The van der Waals surface area contributed by atoms with Crippen molar-refractivity contribution in [3.63, 3.8) is 0 Å². The topological polar surface area (TPSA) is 66.4 Å². The van der Waals surface area contributed by atoms with E-state index in [1.54, 1.807) is 19.1 Å². The molecule has 0 aromatic heterocycles. The Kier molecular flexibility index (Phi) is 3.75. The summed E-state index contributed by atoms with van der Waals surface area (Å²) in [5.41, 5.74) is 0.712. The molecule has 1 fully saturated rings. The molecule has 1 aromatic rings. The second-order valence-electron chi connectivity index (χ2n) is 4.99. The van der Waals surface area contributed by atoms with Crippen molar-refractivity contribution in [1.29, 1.82) is 0 Å². The minimum atomic E-state index is -3.44. The molecule has 5 heteroatoms. The molecule has 2 N–H and O–H groups in total. The molecule has 0 saturated heterocycles. The predicted molar refractivity (Wildman–Crippen MR) is 69.6 cm³/mol. The minimum Gasteiger partial charge on any atom is -0.389 e. The molecule has 4 nitrogen and oxygen atoms in total. The van der Waals surface area contributed by atoms with Gasteiger partial charge in [0.25, 0.3) is 0 Å². The van der Waals surface area contributed by atoms with E-state index in [4.69, 9.17) is 0 Å². The molecule has 1 saturated carbocycles. The molecule has 0 spiro atoms. The van der Waals surface area contributed by atoms with E-state index in [0.29, 0.717) is 11.5 Å². The molecule has 2 unspecified atom stereocenters. The molecule has 0 radical (unpaired) electrons. The highest BCUT2D eigenvalue weighted by Crippen LogP contribution is 2.33. The predicted octanol–water partition coefficient (Wildman–Crippen LogP) is 1.82. The highest BCUT2D eigenvalue weighted by Gasteiger charge is 2.31. The second-order valence-corrected chi connectivity index (χ2v) is 6.71. The number of sulfonamides is 1. The van der Waals surface area contributed by atoms with Crippen molar-refractivity contribution in [3.8, 4) is 0 Å². The van der Waals surface area contributed by atoms with Crippen LogP contribution in [0.15, 0.2) is 29.2 Å². The van der Waals surface area contributed by atoms with Gasteiger partial charge < -0.3 is 5.11 Å². The molecule has 2 rings (SSSR count). The molecular weight excluding hydrogens is 250 g/mol. The summed E-state index contributed by atoms with van der Waals surface area (Å²) in [5.74, 6) is 0.483. The molecule has 0 bridgehead atoms. The maximum absolute atomic E-state index is 12.1. The van der Waals surface area contributed by atoms with Gasteiger partial charge in [0.2, 0.25) is 10.0 Å². The zero-order valence-electron chi connectivity index (χ0n) is 10.6. The normalized spacial score (nSPS) is 19.5. The summed E-state index contributed by atoms with van der Waals surface area (Å²) >= 11 is 0. The third-order valence-electron chi connectivity index (χ3n) is 3.34. The molecule has 1 aliphatic carbocycles. The molecule has 100 valence electrons. The lowest BCUT2D eigenvalue weighted by atomic mass is 10.1. The smallest absolute Gasteiger partial charge is 0.240 e. The largest absolute Gasteiger partial charge is 0.389 e. The van der Waals surface area contributed by atoms with Crippen LogP contribution in [-0.2, 0) is 10.0 Å². The van der Waals surface area contributed by atoms with E-state index in [-0.39, 0.29) is 10.9 Å². The maximum Gasteiger partial charge on any atom is 0.240 e. The van der Waals surface area contributed by atoms with Gasteiger partial charge in [-0.1, -0.05) is 12.1 Å². The van der Waals surface area contributed by atoms with Crippen molar-refractivity contribution in [2.24, 2.45) is 5.92 Å². The van der Waals surface area contributed by atoms with Crippen LogP contribution >= 0.6 is 0 Å². The Balaban J connectivity index is 2.13. The van der Waals surface area contributed by atoms with Gasteiger partial charge in [0.1, 0.15) is 0 Å². The number of benzene rings is 1. The van der Waals surface area contributed by atoms with Gasteiger partial charge in [-0.2, -0.15) is 0 Å². The van der Waals surface area contributed by atoms with Gasteiger partial charge >= 0.3 is 0 Å². The molecule has 0 amide bonds. The van der Waals surface area contributed by atoms with E-state index in [0.717, 1.165) is 12.8 Å². The first-order valence-electron chi connectivity index (χ1n) is 6.20. The number of rotatable bonds is 5. The average molecular weight is 269 g/mol. The second kappa shape index (κ2) is 4.99. The van der Waals surface area contributed by atoms with E-state index in [9.17, 15) is 13.5 Å². The van der Waals surface area contributed by atoms with Crippen LogP contribution in [0.3, 0.4) is 0 Å². The summed E-state index contributed by atoms with van der Waals surface area (Å²) in [7, 11) is -3.44. The Morgan fingerprint density at radius 2 is 1.78 bits per heavy atom. The van der Waals surface area contributed by atoms with Crippen LogP contribution in [0.2, 0.25) is 0 Å². The van der Waals surface area contributed by atoms with Crippen LogP contribution < -0.4 is 4.72 Å². The summed E-state index contributed by atoms with van der Waals surface area (Å²) in [6.07, 6.45) is 1.62. The van der Waals surface area contributed by atoms with Crippen LogP contribution in [-0.4, -0.2) is 19.6 Å². The van der Waals surface area contributed by atoms with Crippen molar-refractivity contribution in [2.75, 3.05) is 0 Å². The van der Waals surface area contributed by atoms with Crippen LogP contribution in [0.5, 0.6) is 0 Å². The first-order valence-corrected chi connectivity index (χ1v) is 7.69.